The minimum absolute atomic E-state index is 0.282. The monoisotopic (exact) mass is 383 g/mol. The van der Waals surface area contributed by atoms with Gasteiger partial charge in [-0.25, -0.2) is 9.59 Å². The van der Waals surface area contributed by atoms with E-state index in [0.717, 1.165) is 28.2 Å². The number of carbonyl (C=O) groups is 2. The number of aryl methyl sites for hydroxylation is 2. The second kappa shape index (κ2) is 8.96. The summed E-state index contributed by atoms with van der Waals surface area (Å²) in [5, 5.41) is 2.98. The molecule has 0 aromatic carbocycles. The van der Waals surface area contributed by atoms with Crippen LogP contribution < -0.4 is 5.32 Å². The quantitative estimate of drug-likeness (QED) is 0.724. The number of carbonyl (C=O) groups excluding carboxylic acids is 2. The molecule has 136 valence electrons. The first-order chi connectivity index (χ1) is 12.0. The number of nitrogens with one attached hydrogen (secondary N) is 1. The maximum atomic E-state index is 11.9. The van der Waals surface area contributed by atoms with E-state index < -0.39 is 5.97 Å². The fourth-order valence-electron chi connectivity index (χ4n) is 2.23. The summed E-state index contributed by atoms with van der Waals surface area (Å²) >= 11 is 2.79. The van der Waals surface area contributed by atoms with Gasteiger partial charge >= 0.3 is 11.9 Å². The van der Waals surface area contributed by atoms with Crippen molar-refractivity contribution in [2.24, 2.45) is 0 Å². The molecular formula is C17H21NO5S2. The molecule has 0 spiro atoms. The van der Waals surface area contributed by atoms with Gasteiger partial charge in [-0.1, -0.05) is 11.8 Å². The van der Waals surface area contributed by atoms with Crippen molar-refractivity contribution in [2.45, 2.75) is 26.7 Å². The van der Waals surface area contributed by atoms with Crippen molar-refractivity contribution in [2.75, 3.05) is 20.8 Å². The van der Waals surface area contributed by atoms with E-state index in [1.165, 1.54) is 37.3 Å². The number of hydrogen-bond acceptors (Lipinski definition) is 8. The van der Waals surface area contributed by atoms with Crippen LogP contribution in [0, 0.1) is 6.92 Å². The van der Waals surface area contributed by atoms with Crippen molar-refractivity contribution >= 4 is 35.0 Å². The van der Waals surface area contributed by atoms with E-state index in [9.17, 15) is 9.59 Å². The van der Waals surface area contributed by atoms with Gasteiger partial charge in [0.1, 0.15) is 4.88 Å². The third-order valence-corrected chi connectivity index (χ3v) is 5.89. The molecule has 0 radical (unpaired) electrons. The van der Waals surface area contributed by atoms with Gasteiger partial charge < -0.3 is 19.5 Å². The topological polar surface area (TPSA) is 73.9 Å². The van der Waals surface area contributed by atoms with Gasteiger partial charge in [-0.15, -0.1) is 11.3 Å². The molecule has 0 unspecified atom stereocenters. The van der Waals surface area contributed by atoms with Crippen LogP contribution in [0.5, 0.6) is 0 Å². The molecule has 0 saturated heterocycles. The van der Waals surface area contributed by atoms with E-state index in [0.29, 0.717) is 22.3 Å². The Morgan fingerprint density at radius 2 is 1.96 bits per heavy atom. The second-order valence-corrected chi connectivity index (χ2v) is 7.42. The van der Waals surface area contributed by atoms with Gasteiger partial charge in [0.2, 0.25) is 5.88 Å². The van der Waals surface area contributed by atoms with Crippen LogP contribution in [0.4, 0.5) is 0 Å². The minimum Gasteiger partial charge on any atom is -0.481 e. The Kier molecular flexibility index (Phi) is 6.95. The number of rotatable bonds is 7. The van der Waals surface area contributed by atoms with Gasteiger partial charge in [0, 0.05) is 16.0 Å². The highest BCUT2D eigenvalue weighted by atomic mass is 32.2. The number of methoxy groups -OCH3 is 2. The number of thiophene rings is 1. The van der Waals surface area contributed by atoms with Crippen molar-refractivity contribution in [1.29, 1.82) is 0 Å². The summed E-state index contributed by atoms with van der Waals surface area (Å²) in [5.41, 5.74) is 1.07. The zero-order valence-corrected chi connectivity index (χ0v) is 16.3. The van der Waals surface area contributed by atoms with Crippen LogP contribution in [0.25, 0.3) is 0 Å². The molecule has 0 aliphatic carbocycles. The molecule has 1 aliphatic heterocycles. The molecule has 8 heteroatoms. The summed E-state index contributed by atoms with van der Waals surface area (Å²) in [5.74, 6) is -0.329. The lowest BCUT2D eigenvalue weighted by Gasteiger charge is -2.18. The number of thioether (sulfide) groups is 1. The number of esters is 2. The maximum Gasteiger partial charge on any atom is 0.350 e. The van der Waals surface area contributed by atoms with Gasteiger partial charge in [0.25, 0.3) is 0 Å². The molecule has 0 fully saturated rings. The van der Waals surface area contributed by atoms with E-state index in [4.69, 9.17) is 14.2 Å². The second-order valence-electron chi connectivity index (χ2n) is 5.15. The Hall–Kier alpha value is -1.93. The molecule has 0 amide bonds. The van der Waals surface area contributed by atoms with E-state index in [1.54, 1.807) is 6.92 Å². The van der Waals surface area contributed by atoms with Crippen LogP contribution in [0.15, 0.2) is 28.0 Å². The van der Waals surface area contributed by atoms with Crippen LogP contribution >= 0.6 is 23.1 Å². The molecule has 6 nitrogen and oxygen atoms in total. The molecule has 2 rings (SSSR count). The molecule has 2 heterocycles. The lowest BCUT2D eigenvalue weighted by Crippen LogP contribution is -2.19. The molecule has 1 aromatic heterocycles. The summed E-state index contributed by atoms with van der Waals surface area (Å²) in [6.07, 6.45) is 3.33. The third kappa shape index (κ3) is 4.79. The Labute approximate surface area is 155 Å². The van der Waals surface area contributed by atoms with Crippen LogP contribution in [-0.2, 0) is 25.4 Å². The van der Waals surface area contributed by atoms with Gasteiger partial charge in [-0.3, -0.25) is 0 Å². The Morgan fingerprint density at radius 3 is 2.60 bits per heavy atom. The highest BCUT2D eigenvalue weighted by Gasteiger charge is 2.23. The molecule has 25 heavy (non-hydrogen) atoms. The van der Waals surface area contributed by atoms with Gasteiger partial charge in [-0.2, -0.15) is 0 Å². The van der Waals surface area contributed by atoms with Crippen LogP contribution in [0.3, 0.4) is 0 Å². The summed E-state index contributed by atoms with van der Waals surface area (Å²) < 4.78 is 15.0. The van der Waals surface area contributed by atoms with Gasteiger partial charge in [0.05, 0.1) is 20.8 Å². The van der Waals surface area contributed by atoms with E-state index >= 15 is 0 Å². The first kappa shape index (κ1) is 19.4. The zero-order valence-electron chi connectivity index (χ0n) is 14.6. The Bertz CT molecular complexity index is 721. The fourth-order valence-corrected chi connectivity index (χ4v) is 4.28. The molecule has 0 bridgehead atoms. The minimum atomic E-state index is -0.433. The fraction of sp³-hybridized carbons (Fsp3) is 0.412. The maximum absolute atomic E-state index is 11.9. The van der Waals surface area contributed by atoms with Crippen molar-refractivity contribution in [3.63, 3.8) is 0 Å². The summed E-state index contributed by atoms with van der Waals surface area (Å²) in [7, 11) is 2.84. The zero-order chi connectivity index (χ0) is 18.4. The molecule has 0 saturated carbocycles. The first-order valence-electron chi connectivity index (χ1n) is 7.76. The largest absolute Gasteiger partial charge is 0.481 e. The van der Waals surface area contributed by atoms with Crippen LogP contribution in [0.1, 0.15) is 33.5 Å². The van der Waals surface area contributed by atoms with Crippen molar-refractivity contribution in [3.05, 3.63) is 43.3 Å². The van der Waals surface area contributed by atoms with E-state index in [1.807, 2.05) is 19.2 Å². The average Bonchev–Trinajstić information content (AvgIpc) is 3.00. The number of hydrogen-bond donors (Lipinski definition) is 1. The van der Waals surface area contributed by atoms with Crippen molar-refractivity contribution in [1.82, 2.24) is 5.32 Å². The van der Waals surface area contributed by atoms with Crippen LogP contribution in [0.2, 0.25) is 0 Å². The Balaban J connectivity index is 2.02. The van der Waals surface area contributed by atoms with Crippen molar-refractivity contribution < 1.29 is 23.8 Å². The van der Waals surface area contributed by atoms with Gasteiger partial charge in [-0.05, 0) is 38.3 Å². The smallest absolute Gasteiger partial charge is 0.350 e. The predicted molar refractivity (Wildman–Crippen MR) is 98.2 cm³/mol. The highest BCUT2D eigenvalue weighted by molar-refractivity contribution is 8.07. The molecule has 1 N–H and O–H groups in total. The lowest BCUT2D eigenvalue weighted by molar-refractivity contribution is -0.135. The molecule has 1 aliphatic rings. The lowest BCUT2D eigenvalue weighted by atomic mass is 10.2. The van der Waals surface area contributed by atoms with E-state index in [2.05, 4.69) is 5.32 Å². The summed E-state index contributed by atoms with van der Waals surface area (Å²) in [4.78, 5) is 26.8. The third-order valence-electron chi connectivity index (χ3n) is 3.47. The summed E-state index contributed by atoms with van der Waals surface area (Å²) in [6, 6.07) is 1.86. The normalized spacial score (nSPS) is 13.8. The standard InChI is InChI=1S/C17H21NO5S2/c1-5-23-16(19)13-8-10(2)12(25-13)7-6-11-9-18-15(21-3)14(24-11)17(20)22-4/h8-9,18H,5-7H2,1-4H3. The first-order valence-corrected chi connectivity index (χ1v) is 9.39. The van der Waals surface area contributed by atoms with E-state index in [-0.39, 0.29) is 5.97 Å². The summed E-state index contributed by atoms with van der Waals surface area (Å²) in [6.45, 7) is 4.14. The number of allylic oxidation sites excluding steroid dienone is 1. The predicted octanol–water partition coefficient (Wildman–Crippen LogP) is 3.33. The molecule has 1 aromatic rings. The Morgan fingerprint density at radius 1 is 1.20 bits per heavy atom. The highest BCUT2D eigenvalue weighted by Crippen LogP contribution is 2.35. The van der Waals surface area contributed by atoms with Gasteiger partial charge in [0.15, 0.2) is 4.91 Å². The van der Waals surface area contributed by atoms with Crippen molar-refractivity contribution in [3.8, 4) is 0 Å². The molecular weight excluding hydrogens is 362 g/mol. The SMILES string of the molecule is CCOC(=O)c1cc(C)c(CCC2=CNC(OC)=C(C(=O)OC)S2)s1. The molecule has 0 atom stereocenters. The average molecular weight is 383 g/mol. The number of ether oxygens (including phenoxy) is 3. The van der Waals surface area contributed by atoms with Crippen LogP contribution in [-0.4, -0.2) is 32.8 Å².